The van der Waals surface area contributed by atoms with E-state index in [2.05, 4.69) is 19.2 Å². The summed E-state index contributed by atoms with van der Waals surface area (Å²) in [7, 11) is 0. The van der Waals surface area contributed by atoms with Crippen molar-refractivity contribution < 1.29 is 9.90 Å². The van der Waals surface area contributed by atoms with Gasteiger partial charge in [0.2, 0.25) is 5.91 Å². The fraction of sp³-hybridized carbons (Fsp3) is 0.875. The summed E-state index contributed by atoms with van der Waals surface area (Å²) in [5.41, 5.74) is 0. The largest absolute Gasteiger partial charge is 0.396 e. The molecule has 11 heavy (non-hydrogen) atoms. The highest BCUT2D eigenvalue weighted by molar-refractivity contribution is 5.72. The first-order valence-electron chi connectivity index (χ1n) is 4.04. The van der Waals surface area contributed by atoms with Crippen molar-refractivity contribution in [2.75, 3.05) is 13.2 Å². The molecule has 0 heterocycles. The van der Waals surface area contributed by atoms with Crippen molar-refractivity contribution >= 4 is 5.91 Å². The first kappa shape index (κ1) is 13.1. The Kier molecular flexibility index (Phi) is 14.4. The van der Waals surface area contributed by atoms with Gasteiger partial charge in [0.05, 0.1) is 0 Å². The SMILES string of the molecule is CC(=O)NCCCO.CCC. The molecule has 0 rings (SSSR count). The Balaban J connectivity index is 0. The molecule has 0 saturated heterocycles. The fourth-order valence-electron chi connectivity index (χ4n) is 0.343. The lowest BCUT2D eigenvalue weighted by molar-refractivity contribution is -0.118. The smallest absolute Gasteiger partial charge is 0.216 e. The second-order valence-corrected chi connectivity index (χ2v) is 2.27. The highest BCUT2D eigenvalue weighted by Gasteiger charge is 1.86. The molecule has 2 N–H and O–H groups in total. The molecule has 0 aromatic heterocycles. The lowest BCUT2D eigenvalue weighted by Crippen LogP contribution is -2.21. The van der Waals surface area contributed by atoms with Crippen molar-refractivity contribution in [2.45, 2.75) is 33.6 Å². The number of amides is 1. The van der Waals surface area contributed by atoms with Crippen LogP contribution in [0.25, 0.3) is 0 Å². The summed E-state index contributed by atoms with van der Waals surface area (Å²) < 4.78 is 0. The zero-order chi connectivity index (χ0) is 9.11. The zero-order valence-corrected chi connectivity index (χ0v) is 7.68. The molecule has 0 unspecified atom stereocenters. The van der Waals surface area contributed by atoms with Gasteiger partial charge >= 0.3 is 0 Å². The molecule has 0 aromatic carbocycles. The van der Waals surface area contributed by atoms with Crippen molar-refractivity contribution in [1.82, 2.24) is 5.32 Å². The maximum absolute atomic E-state index is 10.1. The van der Waals surface area contributed by atoms with Gasteiger partial charge in [0, 0.05) is 20.1 Å². The minimum absolute atomic E-state index is 0.0431. The summed E-state index contributed by atoms with van der Waals surface area (Å²) in [5.74, 6) is -0.0431. The van der Waals surface area contributed by atoms with E-state index in [1.807, 2.05) is 0 Å². The van der Waals surface area contributed by atoms with E-state index in [0.717, 1.165) is 0 Å². The third kappa shape index (κ3) is 26.5. The highest BCUT2D eigenvalue weighted by Crippen LogP contribution is 1.70. The summed E-state index contributed by atoms with van der Waals surface area (Å²) >= 11 is 0. The van der Waals surface area contributed by atoms with Crippen LogP contribution in [0.4, 0.5) is 0 Å². The summed E-state index contributed by atoms with van der Waals surface area (Å²) in [6.45, 7) is 6.42. The third-order valence-corrected chi connectivity index (χ3v) is 0.709. The van der Waals surface area contributed by atoms with Crippen molar-refractivity contribution in [2.24, 2.45) is 0 Å². The van der Waals surface area contributed by atoms with Crippen LogP contribution in [0.1, 0.15) is 33.6 Å². The molecule has 0 aliphatic rings. The van der Waals surface area contributed by atoms with E-state index in [1.165, 1.54) is 13.3 Å². The van der Waals surface area contributed by atoms with Gasteiger partial charge in [-0.05, 0) is 6.42 Å². The monoisotopic (exact) mass is 161 g/mol. The van der Waals surface area contributed by atoms with Gasteiger partial charge in [-0.15, -0.1) is 0 Å². The lowest BCUT2D eigenvalue weighted by atomic mass is 10.4. The van der Waals surface area contributed by atoms with E-state index in [-0.39, 0.29) is 12.5 Å². The van der Waals surface area contributed by atoms with Gasteiger partial charge in [0.1, 0.15) is 0 Å². The van der Waals surface area contributed by atoms with E-state index in [0.29, 0.717) is 13.0 Å². The number of hydrogen-bond donors (Lipinski definition) is 2. The molecule has 0 spiro atoms. The summed E-state index contributed by atoms with van der Waals surface area (Å²) in [6, 6.07) is 0. The predicted octanol–water partition coefficient (Wildman–Crippen LogP) is 0.921. The molecule has 0 radical (unpaired) electrons. The number of hydrogen-bond acceptors (Lipinski definition) is 2. The molecular weight excluding hydrogens is 142 g/mol. The Morgan fingerprint density at radius 1 is 1.45 bits per heavy atom. The second-order valence-electron chi connectivity index (χ2n) is 2.27. The van der Waals surface area contributed by atoms with Crippen LogP contribution in [0, 0.1) is 0 Å². The minimum atomic E-state index is -0.0431. The van der Waals surface area contributed by atoms with Crippen LogP contribution < -0.4 is 5.32 Å². The normalized spacial score (nSPS) is 8.00. The quantitative estimate of drug-likeness (QED) is 0.605. The maximum atomic E-state index is 10.1. The van der Waals surface area contributed by atoms with Crippen LogP contribution in [-0.2, 0) is 4.79 Å². The number of rotatable bonds is 3. The average Bonchev–Trinajstić information content (AvgIpc) is 1.89. The average molecular weight is 161 g/mol. The van der Waals surface area contributed by atoms with Crippen LogP contribution in [-0.4, -0.2) is 24.2 Å². The lowest BCUT2D eigenvalue weighted by Gasteiger charge is -1.96. The highest BCUT2D eigenvalue weighted by atomic mass is 16.3. The maximum Gasteiger partial charge on any atom is 0.216 e. The Labute approximate surface area is 68.8 Å². The zero-order valence-electron chi connectivity index (χ0n) is 7.68. The van der Waals surface area contributed by atoms with Gasteiger partial charge in [-0.3, -0.25) is 4.79 Å². The number of aliphatic hydroxyl groups is 1. The Bertz CT molecular complexity index is 84.2. The molecule has 0 bridgehead atoms. The molecule has 0 atom stereocenters. The van der Waals surface area contributed by atoms with Crippen molar-refractivity contribution in [3.8, 4) is 0 Å². The van der Waals surface area contributed by atoms with Crippen LogP contribution in [0.15, 0.2) is 0 Å². The number of aliphatic hydroxyl groups excluding tert-OH is 1. The van der Waals surface area contributed by atoms with Gasteiger partial charge in [0.25, 0.3) is 0 Å². The molecule has 3 nitrogen and oxygen atoms in total. The van der Waals surface area contributed by atoms with E-state index in [4.69, 9.17) is 5.11 Å². The molecule has 0 saturated carbocycles. The van der Waals surface area contributed by atoms with E-state index >= 15 is 0 Å². The summed E-state index contributed by atoms with van der Waals surface area (Å²) in [4.78, 5) is 10.1. The summed E-state index contributed by atoms with van der Waals surface area (Å²) in [5, 5.41) is 10.8. The molecular formula is C8H19NO2. The topological polar surface area (TPSA) is 49.3 Å². The van der Waals surface area contributed by atoms with Crippen LogP contribution in [0.3, 0.4) is 0 Å². The van der Waals surface area contributed by atoms with Crippen LogP contribution >= 0.6 is 0 Å². The van der Waals surface area contributed by atoms with Crippen molar-refractivity contribution in [3.05, 3.63) is 0 Å². The molecule has 0 fully saturated rings. The number of nitrogens with one attached hydrogen (secondary N) is 1. The molecule has 0 aliphatic heterocycles. The standard InChI is InChI=1S/C5H11NO2.C3H8/c1-5(8)6-3-2-4-7;1-3-2/h7H,2-4H2,1H3,(H,6,8);3H2,1-2H3. The summed E-state index contributed by atoms with van der Waals surface area (Å²) in [6.07, 6.45) is 1.89. The van der Waals surface area contributed by atoms with Crippen molar-refractivity contribution in [1.29, 1.82) is 0 Å². The minimum Gasteiger partial charge on any atom is -0.396 e. The first-order valence-corrected chi connectivity index (χ1v) is 4.04. The molecule has 0 aliphatic carbocycles. The second kappa shape index (κ2) is 12.1. The number of carbonyl (C=O) groups is 1. The van der Waals surface area contributed by atoms with Gasteiger partial charge in [-0.25, -0.2) is 0 Å². The molecule has 1 amide bonds. The number of carbonyl (C=O) groups excluding carboxylic acids is 1. The van der Waals surface area contributed by atoms with E-state index in [9.17, 15) is 4.79 Å². The van der Waals surface area contributed by atoms with Crippen LogP contribution in [0.2, 0.25) is 0 Å². The molecule has 68 valence electrons. The molecule has 0 aromatic rings. The Hall–Kier alpha value is -0.570. The van der Waals surface area contributed by atoms with Gasteiger partial charge in [-0.2, -0.15) is 0 Å². The van der Waals surface area contributed by atoms with Gasteiger partial charge in [-0.1, -0.05) is 20.3 Å². The van der Waals surface area contributed by atoms with Crippen LogP contribution in [0.5, 0.6) is 0 Å². The Morgan fingerprint density at radius 3 is 2.18 bits per heavy atom. The Morgan fingerprint density at radius 2 is 1.91 bits per heavy atom. The van der Waals surface area contributed by atoms with Crippen molar-refractivity contribution in [3.63, 3.8) is 0 Å². The van der Waals surface area contributed by atoms with E-state index in [1.54, 1.807) is 0 Å². The molecule has 3 heteroatoms. The third-order valence-electron chi connectivity index (χ3n) is 0.709. The van der Waals surface area contributed by atoms with Gasteiger partial charge in [0.15, 0.2) is 0 Å². The fourth-order valence-corrected chi connectivity index (χ4v) is 0.343. The predicted molar refractivity (Wildman–Crippen MR) is 46.4 cm³/mol. The first-order chi connectivity index (χ1) is 5.18. The van der Waals surface area contributed by atoms with E-state index < -0.39 is 0 Å². The van der Waals surface area contributed by atoms with Gasteiger partial charge < -0.3 is 10.4 Å².